The lowest BCUT2D eigenvalue weighted by atomic mass is 10.4. The van der Waals surface area contributed by atoms with Crippen molar-refractivity contribution in [1.82, 2.24) is 9.97 Å². The zero-order valence-electron chi connectivity index (χ0n) is 5.33. The van der Waals surface area contributed by atoms with Crippen LogP contribution in [-0.2, 0) is 0 Å². The predicted molar refractivity (Wildman–Crippen MR) is 39.6 cm³/mol. The summed E-state index contributed by atoms with van der Waals surface area (Å²) >= 11 is 0. The number of rotatable bonds is 0. The Morgan fingerprint density at radius 1 is 1.40 bits per heavy atom. The van der Waals surface area contributed by atoms with Crippen LogP contribution in [0.1, 0.15) is 0 Å². The van der Waals surface area contributed by atoms with Crippen molar-refractivity contribution in [2.45, 2.75) is 0 Å². The summed E-state index contributed by atoms with van der Waals surface area (Å²) in [5.74, 6) is 0.596. The lowest BCUT2D eigenvalue weighted by Crippen LogP contribution is -1.93. The van der Waals surface area contributed by atoms with Gasteiger partial charge in [-0.05, 0) is 12.1 Å². The van der Waals surface area contributed by atoms with Crippen LogP contribution >= 0.6 is 0 Å². The van der Waals surface area contributed by atoms with Crippen LogP contribution in [0.4, 0.5) is 5.82 Å². The molecule has 3 N–H and O–H groups in total. The fourth-order valence-electron chi connectivity index (χ4n) is 0.956. The number of aromatic amines is 1. The predicted octanol–water partition coefficient (Wildman–Crippen LogP) is 1.10. The second-order valence-corrected chi connectivity index (χ2v) is 2.16. The average Bonchev–Trinajstić information content (AvgIpc) is 2.33. The number of hydrogen-bond acceptors (Lipinski definition) is 2. The maximum atomic E-state index is 5.46. The quantitative estimate of drug-likeness (QED) is 0.565. The van der Waals surface area contributed by atoms with Crippen LogP contribution in [0.15, 0.2) is 24.4 Å². The van der Waals surface area contributed by atoms with Crippen LogP contribution in [0.25, 0.3) is 11.4 Å². The molecule has 0 atom stereocenters. The molecule has 0 unspecified atom stereocenters. The Labute approximate surface area is 58.2 Å². The van der Waals surface area contributed by atoms with Gasteiger partial charge in [0.15, 0.2) is 0 Å². The Bertz CT molecular complexity index is 313. The first kappa shape index (κ1) is 5.29. The first-order valence-electron chi connectivity index (χ1n) is 3.05. The van der Waals surface area contributed by atoms with Crippen molar-refractivity contribution in [1.29, 1.82) is 0 Å². The number of fused-ring (bicyclic) bond motifs is 1. The molecule has 0 saturated carbocycles. The topological polar surface area (TPSA) is 54.7 Å². The second kappa shape index (κ2) is 1.73. The number of nitrogens with zero attached hydrogens (tertiary/aromatic N) is 1. The van der Waals surface area contributed by atoms with E-state index in [1.54, 1.807) is 6.20 Å². The van der Waals surface area contributed by atoms with Crippen molar-refractivity contribution in [3.05, 3.63) is 24.4 Å². The van der Waals surface area contributed by atoms with E-state index in [-0.39, 0.29) is 0 Å². The van der Waals surface area contributed by atoms with E-state index < -0.39 is 0 Å². The van der Waals surface area contributed by atoms with Crippen molar-refractivity contribution < 1.29 is 0 Å². The number of nitrogens with one attached hydrogen (secondary N) is 1. The minimum Gasteiger partial charge on any atom is -0.384 e. The third-order valence-electron chi connectivity index (χ3n) is 1.41. The van der Waals surface area contributed by atoms with Crippen LogP contribution < -0.4 is 5.73 Å². The Morgan fingerprint density at radius 3 is 3.20 bits per heavy atom. The Hall–Kier alpha value is -1.51. The second-order valence-electron chi connectivity index (χ2n) is 2.16. The summed E-state index contributed by atoms with van der Waals surface area (Å²) in [4.78, 5) is 7.07. The normalized spacial score (nSPS) is 10.4. The number of hydrogen-bond donors (Lipinski definition) is 2. The maximum Gasteiger partial charge on any atom is 0.119 e. The van der Waals surface area contributed by atoms with Gasteiger partial charge in [0.25, 0.3) is 0 Å². The molecule has 0 bridgehead atoms. The number of anilines is 1. The summed E-state index contributed by atoms with van der Waals surface area (Å²) < 4.78 is 0. The van der Waals surface area contributed by atoms with E-state index in [4.69, 9.17) is 5.73 Å². The molecule has 0 aromatic heterocycles. The number of nitrogens with two attached hydrogens (primary N) is 1. The standard InChI is InChI=1S/C7H7N3/c8-7-4-9-5-2-1-3-6(5)10-7/h1-4,10H,8H2. The molecular formula is C7H7N3. The van der Waals surface area contributed by atoms with E-state index in [0.29, 0.717) is 5.82 Å². The maximum absolute atomic E-state index is 5.46. The van der Waals surface area contributed by atoms with Gasteiger partial charge in [0, 0.05) is 0 Å². The molecule has 10 heavy (non-hydrogen) atoms. The lowest BCUT2D eigenvalue weighted by Gasteiger charge is -1.98. The molecule has 0 amide bonds. The fourth-order valence-corrected chi connectivity index (χ4v) is 0.956. The number of H-pyrrole nitrogens is 1. The van der Waals surface area contributed by atoms with E-state index >= 15 is 0 Å². The first-order chi connectivity index (χ1) is 4.86. The lowest BCUT2D eigenvalue weighted by molar-refractivity contribution is 1.22. The molecule has 0 spiro atoms. The summed E-state index contributed by atoms with van der Waals surface area (Å²) in [5, 5.41) is 0. The Kier molecular flexibility index (Phi) is 0.917. The van der Waals surface area contributed by atoms with Gasteiger partial charge in [-0.15, -0.1) is 0 Å². The van der Waals surface area contributed by atoms with Crippen molar-refractivity contribution in [2.24, 2.45) is 0 Å². The molecule has 1 aliphatic carbocycles. The SMILES string of the molecule is Nc1cnc2cccc-2[nH]1. The molecule has 0 saturated heterocycles. The Balaban J connectivity index is 2.75. The van der Waals surface area contributed by atoms with Crippen LogP contribution in [0.5, 0.6) is 0 Å². The summed E-state index contributed by atoms with van der Waals surface area (Å²) in [5.41, 5.74) is 7.40. The number of aromatic nitrogens is 2. The molecule has 2 aliphatic rings. The zero-order valence-corrected chi connectivity index (χ0v) is 5.33. The van der Waals surface area contributed by atoms with Crippen molar-refractivity contribution in [3.63, 3.8) is 0 Å². The van der Waals surface area contributed by atoms with E-state index in [2.05, 4.69) is 9.97 Å². The van der Waals surface area contributed by atoms with Gasteiger partial charge in [-0.2, -0.15) is 0 Å². The van der Waals surface area contributed by atoms with Gasteiger partial charge in [-0.3, -0.25) is 4.98 Å². The van der Waals surface area contributed by atoms with E-state index in [1.165, 1.54) is 0 Å². The highest BCUT2D eigenvalue weighted by molar-refractivity contribution is 5.58. The van der Waals surface area contributed by atoms with Crippen LogP contribution in [0.3, 0.4) is 0 Å². The van der Waals surface area contributed by atoms with Crippen LogP contribution in [0.2, 0.25) is 0 Å². The van der Waals surface area contributed by atoms with Gasteiger partial charge in [0.05, 0.1) is 17.6 Å². The smallest absolute Gasteiger partial charge is 0.119 e. The van der Waals surface area contributed by atoms with E-state index in [1.807, 2.05) is 18.2 Å². The molecule has 3 heteroatoms. The van der Waals surface area contributed by atoms with E-state index in [9.17, 15) is 0 Å². The van der Waals surface area contributed by atoms with Gasteiger partial charge >= 0.3 is 0 Å². The zero-order chi connectivity index (χ0) is 6.97. The molecular weight excluding hydrogens is 126 g/mol. The monoisotopic (exact) mass is 133 g/mol. The molecule has 1 heterocycles. The summed E-state index contributed by atoms with van der Waals surface area (Å²) in [6, 6.07) is 5.82. The van der Waals surface area contributed by atoms with Gasteiger partial charge < -0.3 is 10.7 Å². The first-order valence-corrected chi connectivity index (χ1v) is 3.05. The minimum absolute atomic E-state index is 0.596. The Morgan fingerprint density at radius 2 is 2.30 bits per heavy atom. The van der Waals surface area contributed by atoms with E-state index in [0.717, 1.165) is 11.4 Å². The molecule has 0 aromatic carbocycles. The molecule has 2 rings (SSSR count). The fraction of sp³-hybridized carbons (Fsp3) is 0. The van der Waals surface area contributed by atoms with Gasteiger partial charge in [0.2, 0.25) is 0 Å². The average molecular weight is 133 g/mol. The van der Waals surface area contributed by atoms with Crippen LogP contribution in [-0.4, -0.2) is 9.97 Å². The highest BCUT2D eigenvalue weighted by Gasteiger charge is 2.00. The van der Waals surface area contributed by atoms with Crippen molar-refractivity contribution >= 4 is 5.82 Å². The molecule has 0 radical (unpaired) electrons. The van der Waals surface area contributed by atoms with Crippen molar-refractivity contribution in [2.75, 3.05) is 5.73 Å². The largest absolute Gasteiger partial charge is 0.384 e. The summed E-state index contributed by atoms with van der Waals surface area (Å²) in [6.07, 6.45) is 1.61. The van der Waals surface area contributed by atoms with Gasteiger partial charge in [0.1, 0.15) is 5.82 Å². The van der Waals surface area contributed by atoms with Crippen LogP contribution in [0, 0.1) is 0 Å². The van der Waals surface area contributed by atoms with Gasteiger partial charge in [-0.25, -0.2) is 0 Å². The van der Waals surface area contributed by atoms with Crippen molar-refractivity contribution in [3.8, 4) is 11.4 Å². The summed E-state index contributed by atoms with van der Waals surface area (Å²) in [6.45, 7) is 0. The highest BCUT2D eigenvalue weighted by atomic mass is 14.9. The third kappa shape index (κ3) is 0.639. The molecule has 0 aromatic rings. The molecule has 0 fully saturated rings. The highest BCUT2D eigenvalue weighted by Crippen LogP contribution is 2.17. The molecule has 3 nitrogen and oxygen atoms in total. The molecule has 50 valence electrons. The van der Waals surface area contributed by atoms with Gasteiger partial charge in [-0.1, -0.05) is 6.07 Å². The number of nitrogen functional groups attached to an aromatic ring is 1. The minimum atomic E-state index is 0.596. The summed E-state index contributed by atoms with van der Waals surface area (Å²) in [7, 11) is 0. The third-order valence-corrected chi connectivity index (χ3v) is 1.41. The molecule has 1 aliphatic heterocycles.